The van der Waals surface area contributed by atoms with E-state index in [0.717, 1.165) is 43.4 Å². The molecule has 5 aliphatic carbocycles. The number of carbonyl (C=O) groups excluding carboxylic acids is 2. The maximum atomic E-state index is 13.1. The fourth-order valence-electron chi connectivity index (χ4n) is 5.69. The van der Waals surface area contributed by atoms with Crippen LogP contribution in [0, 0.1) is 29.1 Å². The molecule has 1 N–H and O–H groups in total. The number of hydrogen-bond acceptors (Lipinski definition) is 6. The van der Waals surface area contributed by atoms with Crippen LogP contribution in [0.5, 0.6) is 0 Å². The molecule has 5 saturated carbocycles. The van der Waals surface area contributed by atoms with Gasteiger partial charge in [-0.25, -0.2) is 0 Å². The number of amides is 1. The zero-order chi connectivity index (χ0) is 17.9. The predicted molar refractivity (Wildman–Crippen MR) is 98.2 cm³/mol. The molecule has 6 nitrogen and oxygen atoms in total. The summed E-state index contributed by atoms with van der Waals surface area (Å²) in [5.41, 5.74) is -0.224. The van der Waals surface area contributed by atoms with Crippen molar-refractivity contribution in [2.24, 2.45) is 29.1 Å². The highest BCUT2D eigenvalue weighted by atomic mass is 32.2. The van der Waals surface area contributed by atoms with Gasteiger partial charge in [0, 0.05) is 22.5 Å². The Balaban J connectivity index is 1.24. The van der Waals surface area contributed by atoms with Crippen LogP contribution in [0.2, 0.25) is 0 Å². The van der Waals surface area contributed by atoms with E-state index in [0.29, 0.717) is 27.2 Å². The van der Waals surface area contributed by atoms with E-state index in [9.17, 15) is 14.1 Å². The Labute approximate surface area is 159 Å². The first-order chi connectivity index (χ1) is 12.5. The maximum Gasteiger partial charge on any atom is 0.323 e. The predicted octanol–water partition coefficient (Wildman–Crippen LogP) is 2.78. The monoisotopic (exact) mass is 393 g/mol. The third-order valence-electron chi connectivity index (χ3n) is 6.67. The summed E-state index contributed by atoms with van der Waals surface area (Å²) in [6, 6.07) is 0. The minimum absolute atomic E-state index is 0.0388. The van der Waals surface area contributed by atoms with E-state index >= 15 is 0 Å². The second kappa shape index (κ2) is 6.27. The smallest absolute Gasteiger partial charge is 0.323 e. The van der Waals surface area contributed by atoms with E-state index in [4.69, 9.17) is 0 Å². The molecule has 140 valence electrons. The van der Waals surface area contributed by atoms with Crippen molar-refractivity contribution >= 4 is 39.3 Å². The first-order valence-electron chi connectivity index (χ1n) is 9.57. The van der Waals surface area contributed by atoms with Crippen LogP contribution in [0.15, 0.2) is 4.34 Å². The Morgan fingerprint density at radius 3 is 2.31 bits per heavy atom. The largest absolute Gasteiger partial charge is 0.609 e. The first kappa shape index (κ1) is 17.1. The molecular formula is C18H23N3O3S2. The third kappa shape index (κ3) is 3.10. The number of anilines is 1. The van der Waals surface area contributed by atoms with Gasteiger partial charge in [0.15, 0.2) is 11.5 Å². The first-order valence-corrected chi connectivity index (χ1v) is 11.7. The molecule has 1 heterocycles. The lowest BCUT2D eigenvalue weighted by molar-refractivity contribution is -0.141. The van der Waals surface area contributed by atoms with E-state index in [2.05, 4.69) is 15.5 Å². The van der Waals surface area contributed by atoms with Gasteiger partial charge in [-0.15, -0.1) is 5.10 Å². The maximum absolute atomic E-state index is 13.1. The van der Waals surface area contributed by atoms with Gasteiger partial charge in [-0.05, 0) is 80.5 Å². The van der Waals surface area contributed by atoms with Crippen molar-refractivity contribution in [2.45, 2.75) is 55.7 Å². The van der Waals surface area contributed by atoms with Gasteiger partial charge in [0.2, 0.25) is 11.0 Å². The van der Waals surface area contributed by atoms with Crippen molar-refractivity contribution in [2.75, 3.05) is 11.1 Å². The summed E-state index contributed by atoms with van der Waals surface area (Å²) in [5, 5.41) is 11.0. The Morgan fingerprint density at radius 1 is 1.12 bits per heavy atom. The molecule has 1 unspecified atom stereocenters. The van der Waals surface area contributed by atoms with Gasteiger partial charge in [0.1, 0.15) is 0 Å². The van der Waals surface area contributed by atoms with Crippen molar-refractivity contribution in [3.63, 3.8) is 0 Å². The van der Waals surface area contributed by atoms with Crippen LogP contribution >= 0.6 is 11.3 Å². The van der Waals surface area contributed by atoms with Crippen molar-refractivity contribution in [3.05, 3.63) is 0 Å². The Kier molecular flexibility index (Phi) is 4.13. The summed E-state index contributed by atoms with van der Waals surface area (Å²) in [4.78, 5) is 24.8. The molecule has 6 rings (SSSR count). The zero-order valence-electron chi connectivity index (χ0n) is 14.6. The van der Waals surface area contributed by atoms with Crippen LogP contribution in [-0.2, 0) is 20.8 Å². The minimum Gasteiger partial charge on any atom is -0.609 e. The van der Waals surface area contributed by atoms with Crippen LogP contribution in [0.4, 0.5) is 5.13 Å². The van der Waals surface area contributed by atoms with E-state index in [1.807, 2.05) is 0 Å². The van der Waals surface area contributed by atoms with E-state index < -0.39 is 11.2 Å². The highest BCUT2D eigenvalue weighted by Gasteiger charge is 2.55. The number of ketones is 1. The van der Waals surface area contributed by atoms with Gasteiger partial charge in [0.25, 0.3) is 0 Å². The van der Waals surface area contributed by atoms with Gasteiger partial charge < -0.3 is 9.87 Å². The normalized spacial score (nSPS) is 36.1. The molecule has 4 bridgehead atoms. The lowest BCUT2D eigenvalue weighted by atomic mass is 9.48. The summed E-state index contributed by atoms with van der Waals surface area (Å²) < 4.78 is 13.0. The average Bonchev–Trinajstić information content (AvgIpc) is 3.33. The van der Waals surface area contributed by atoms with Crippen molar-refractivity contribution in [1.82, 2.24) is 10.2 Å². The van der Waals surface area contributed by atoms with E-state index in [1.54, 1.807) is 0 Å². The number of aromatic nitrogens is 2. The second-order valence-corrected chi connectivity index (χ2v) is 11.3. The molecule has 0 aromatic carbocycles. The molecule has 0 spiro atoms. The lowest BCUT2D eigenvalue weighted by Gasteiger charge is -2.55. The molecule has 1 aromatic heterocycles. The summed E-state index contributed by atoms with van der Waals surface area (Å²) in [6.07, 6.45) is 8.68. The van der Waals surface area contributed by atoms with Crippen molar-refractivity contribution in [3.8, 4) is 0 Å². The van der Waals surface area contributed by atoms with E-state index in [1.165, 1.54) is 19.3 Å². The summed E-state index contributed by atoms with van der Waals surface area (Å²) in [6.45, 7) is 0. The van der Waals surface area contributed by atoms with Crippen LogP contribution in [0.25, 0.3) is 0 Å². The Bertz CT molecular complexity index is 711. The molecule has 0 radical (unpaired) electrons. The molecule has 0 saturated heterocycles. The topological polar surface area (TPSA) is 95.0 Å². The van der Waals surface area contributed by atoms with Crippen molar-refractivity contribution in [1.29, 1.82) is 0 Å². The molecule has 1 atom stereocenters. The summed E-state index contributed by atoms with van der Waals surface area (Å²) in [5.74, 6) is 2.35. The second-order valence-electron chi connectivity index (χ2n) is 8.75. The summed E-state index contributed by atoms with van der Waals surface area (Å²) in [7, 11) is 0. The fourth-order valence-corrected chi connectivity index (χ4v) is 7.76. The minimum atomic E-state index is -1.47. The summed E-state index contributed by atoms with van der Waals surface area (Å²) >= 11 is -0.344. The highest BCUT2D eigenvalue weighted by molar-refractivity contribution is 7.94. The standard InChI is InChI=1S/C18H23N3O3S2/c22-14(18-6-10-3-11(7-18)5-12(4-10)8-18)9-26(24)17-21-20-16(25-17)19-15(23)13-1-2-13/h10-13H,1-9H2,(H,19,20,23). The van der Waals surface area contributed by atoms with Gasteiger partial charge >= 0.3 is 4.34 Å². The van der Waals surface area contributed by atoms with E-state index in [-0.39, 0.29) is 28.8 Å². The quantitative estimate of drug-likeness (QED) is 0.592. The van der Waals surface area contributed by atoms with Crippen molar-refractivity contribution < 1.29 is 14.1 Å². The average molecular weight is 394 g/mol. The molecule has 5 aliphatic rings. The van der Waals surface area contributed by atoms with Crippen LogP contribution < -0.4 is 5.32 Å². The van der Waals surface area contributed by atoms with Crippen LogP contribution in [0.3, 0.4) is 0 Å². The molecule has 8 heteroatoms. The zero-order valence-corrected chi connectivity index (χ0v) is 16.2. The van der Waals surface area contributed by atoms with Gasteiger partial charge in [-0.2, -0.15) is 0 Å². The fraction of sp³-hybridized carbons (Fsp3) is 0.778. The van der Waals surface area contributed by atoms with Crippen LogP contribution in [-0.4, -0.2) is 32.2 Å². The van der Waals surface area contributed by atoms with Gasteiger partial charge in [-0.3, -0.25) is 9.59 Å². The SMILES string of the molecule is O=C(Nc1nnc([S+]([O-])CC(=O)C23CC4CC(CC(C4)C2)C3)s1)C1CC1. The Hall–Kier alpha value is -0.990. The number of rotatable bonds is 6. The number of hydrogen-bond donors (Lipinski definition) is 1. The number of Topliss-reactive ketones (excluding diaryl/α,β-unsaturated/α-hetero) is 1. The van der Waals surface area contributed by atoms with Gasteiger partial charge in [-0.1, -0.05) is 5.10 Å². The molecule has 1 aromatic rings. The molecular weight excluding hydrogens is 370 g/mol. The third-order valence-corrected chi connectivity index (χ3v) is 9.11. The number of carbonyl (C=O) groups is 2. The lowest BCUT2D eigenvalue weighted by Crippen LogP contribution is -2.51. The molecule has 26 heavy (non-hydrogen) atoms. The molecule has 1 amide bonds. The van der Waals surface area contributed by atoms with Crippen LogP contribution in [0.1, 0.15) is 51.4 Å². The number of nitrogens with zero attached hydrogens (tertiary/aromatic N) is 2. The Morgan fingerprint density at radius 2 is 1.73 bits per heavy atom. The molecule has 0 aliphatic heterocycles. The number of nitrogens with one attached hydrogen (secondary N) is 1. The molecule has 5 fully saturated rings. The highest BCUT2D eigenvalue weighted by Crippen LogP contribution is 2.60. The van der Waals surface area contributed by atoms with Gasteiger partial charge in [0.05, 0.1) is 0 Å².